The van der Waals surface area contributed by atoms with Gasteiger partial charge in [0, 0.05) is 16.5 Å². The molecule has 0 fully saturated rings. The van der Waals surface area contributed by atoms with Crippen LogP contribution in [0.25, 0.3) is 0 Å². The van der Waals surface area contributed by atoms with Crippen LogP contribution in [0.4, 0.5) is 0 Å². The summed E-state index contributed by atoms with van der Waals surface area (Å²) < 4.78 is 0. The zero-order valence-electron chi connectivity index (χ0n) is 4.33. The number of nitrogens with zero attached hydrogens (tertiary/aromatic N) is 1. The Balaban J connectivity index is 3.35. The van der Waals surface area contributed by atoms with Crippen LogP contribution < -0.4 is 0 Å². The lowest BCUT2D eigenvalue weighted by atomic mass is 10.4. The van der Waals surface area contributed by atoms with Crippen molar-refractivity contribution in [2.24, 2.45) is 5.16 Å². The lowest BCUT2D eigenvalue weighted by Crippen LogP contribution is -1.85. The zero-order valence-corrected chi connectivity index (χ0v) is 6.33. The van der Waals surface area contributed by atoms with Gasteiger partial charge in [-0.3, -0.25) is 0 Å². The Morgan fingerprint density at radius 2 is 2.43 bits per heavy atom. The highest BCUT2D eigenvalue weighted by Crippen LogP contribution is 1.90. The number of rotatable bonds is 2. The lowest BCUT2D eigenvalue weighted by Gasteiger charge is -1.87. The molecule has 0 amide bonds. The molecule has 0 aromatic carbocycles. The third kappa shape index (κ3) is 3.25. The van der Waals surface area contributed by atoms with Gasteiger partial charge < -0.3 is 5.21 Å². The van der Waals surface area contributed by atoms with E-state index in [1.165, 1.54) is 6.21 Å². The van der Waals surface area contributed by atoms with Crippen LogP contribution in [0, 0.1) is 0 Å². The smallest absolute Gasteiger partial charge is 0.0467 e. The Bertz CT molecular complexity index is 81.8. The maximum Gasteiger partial charge on any atom is 0.0467 e. The Hall–Kier alpha value is -0.573. The third-order valence-electron chi connectivity index (χ3n) is 0.674. The highest BCUT2D eigenvalue weighted by molar-refractivity contribution is 6.21. The van der Waals surface area contributed by atoms with Gasteiger partial charge in [0.2, 0.25) is 0 Å². The first kappa shape index (κ1) is 6.43. The second kappa shape index (κ2) is 3.61. The van der Waals surface area contributed by atoms with E-state index in [-0.39, 0.29) is 0 Å². The highest BCUT2D eigenvalue weighted by atomic mass is 28.1. The van der Waals surface area contributed by atoms with Crippen LogP contribution in [0.3, 0.4) is 0 Å². The minimum absolute atomic E-state index is 0.310. The molecule has 0 aliphatic carbocycles. The maximum atomic E-state index is 7.91. The second-order valence-corrected chi connectivity index (χ2v) is 2.69. The molecule has 0 aliphatic heterocycles. The molecule has 0 saturated carbocycles. The summed E-state index contributed by atoms with van der Waals surface area (Å²) in [6.07, 6.45) is 3.23. The van der Waals surface area contributed by atoms with E-state index >= 15 is 0 Å². The normalized spacial score (nSPS) is 14.9. The molecule has 0 radical (unpaired) electrons. The number of oxime groups is 1. The van der Waals surface area contributed by atoms with Gasteiger partial charge in [-0.1, -0.05) is 6.08 Å². The lowest BCUT2D eigenvalue weighted by molar-refractivity contribution is 0.321. The van der Waals surface area contributed by atoms with Gasteiger partial charge in [-0.05, 0) is 5.54 Å². The van der Waals surface area contributed by atoms with Crippen molar-refractivity contribution in [1.82, 2.24) is 0 Å². The van der Waals surface area contributed by atoms with Crippen molar-refractivity contribution in [3.8, 4) is 0 Å². The first-order valence-corrected chi connectivity index (χ1v) is 3.27. The van der Waals surface area contributed by atoms with Gasteiger partial charge in [-0.25, -0.2) is 0 Å². The predicted molar refractivity (Wildman–Crippen MR) is 34.2 cm³/mol. The van der Waals surface area contributed by atoms with E-state index in [9.17, 15) is 0 Å². The quantitative estimate of drug-likeness (QED) is 0.174. The van der Waals surface area contributed by atoms with Crippen LogP contribution in [0.15, 0.2) is 17.8 Å². The molecule has 1 N–H and O–H groups in total. The van der Waals surface area contributed by atoms with Crippen LogP contribution in [-0.4, -0.2) is 21.7 Å². The summed E-state index contributed by atoms with van der Waals surface area (Å²) in [4.78, 5) is 0. The molecule has 0 saturated heterocycles. The molecular weight excluding hydrogens is 106 g/mol. The third-order valence-corrected chi connectivity index (χ3v) is 1.44. The van der Waals surface area contributed by atoms with Crippen molar-refractivity contribution >= 4 is 16.5 Å². The van der Waals surface area contributed by atoms with Crippen molar-refractivity contribution in [2.45, 2.75) is 5.54 Å². The van der Waals surface area contributed by atoms with Crippen LogP contribution in [0.2, 0.25) is 5.54 Å². The summed E-state index contributed by atoms with van der Waals surface area (Å²) >= 11 is 0. The Labute approximate surface area is 46.0 Å². The number of hydrogen-bond acceptors (Lipinski definition) is 2. The monoisotopic (exact) mass is 115 g/mol. The summed E-state index contributed by atoms with van der Waals surface area (Å²) in [5, 5.41) is 10.8. The van der Waals surface area contributed by atoms with E-state index < -0.39 is 0 Å². The van der Waals surface area contributed by atoms with E-state index in [2.05, 4.69) is 11.7 Å². The van der Waals surface area contributed by atoms with Crippen LogP contribution >= 0.6 is 0 Å². The summed E-state index contributed by atoms with van der Waals surface area (Å²) in [7, 11) is 0.972. The zero-order chi connectivity index (χ0) is 5.70. The largest absolute Gasteiger partial charge is 0.411 e. The van der Waals surface area contributed by atoms with Crippen LogP contribution in [0.5, 0.6) is 0 Å². The van der Waals surface area contributed by atoms with Gasteiger partial charge in [-0.15, -0.1) is 11.7 Å². The Kier molecular flexibility index (Phi) is 3.32. The molecule has 0 bridgehead atoms. The maximum absolute atomic E-state index is 7.91. The molecule has 1 atom stereocenters. The average Bonchev–Trinajstić information content (AvgIpc) is 1.68. The van der Waals surface area contributed by atoms with Crippen molar-refractivity contribution in [2.75, 3.05) is 0 Å². The predicted octanol–water partition coefficient (Wildman–Crippen LogP) is -0.214. The number of hydrogen-bond donors (Lipinski definition) is 1. The molecule has 0 heterocycles. The average molecular weight is 115 g/mol. The van der Waals surface area contributed by atoms with E-state index in [1.807, 2.05) is 0 Å². The summed E-state index contributed by atoms with van der Waals surface area (Å²) in [5.41, 5.74) is 0.310. The first-order chi connectivity index (χ1) is 3.31. The van der Waals surface area contributed by atoms with Gasteiger partial charge in [0.25, 0.3) is 0 Å². The Morgan fingerprint density at radius 1 is 1.86 bits per heavy atom. The van der Waals surface area contributed by atoms with Crippen LogP contribution in [0.1, 0.15) is 0 Å². The molecule has 0 rings (SSSR count). The van der Waals surface area contributed by atoms with Gasteiger partial charge >= 0.3 is 0 Å². The number of allylic oxidation sites excluding steroid dienone is 1. The van der Waals surface area contributed by atoms with Crippen molar-refractivity contribution in [3.05, 3.63) is 12.7 Å². The van der Waals surface area contributed by atoms with E-state index in [0.29, 0.717) is 5.54 Å². The van der Waals surface area contributed by atoms with E-state index in [4.69, 9.17) is 5.21 Å². The van der Waals surface area contributed by atoms with E-state index in [0.717, 1.165) is 10.2 Å². The first-order valence-electron chi connectivity index (χ1n) is 2.11. The Morgan fingerprint density at radius 3 is 2.57 bits per heavy atom. The molecule has 3 heteroatoms. The SMILES string of the molecule is C=CC([SiH3])C=NO. The molecule has 0 aromatic heterocycles. The summed E-state index contributed by atoms with van der Waals surface area (Å²) in [5.74, 6) is 0. The minimum atomic E-state index is 0.310. The molecular formula is C4H9NOSi. The molecule has 7 heavy (non-hydrogen) atoms. The van der Waals surface area contributed by atoms with Crippen molar-refractivity contribution < 1.29 is 5.21 Å². The second-order valence-electron chi connectivity index (χ2n) is 1.36. The van der Waals surface area contributed by atoms with Gasteiger partial charge in [0.1, 0.15) is 0 Å². The van der Waals surface area contributed by atoms with Crippen molar-refractivity contribution in [3.63, 3.8) is 0 Å². The van der Waals surface area contributed by atoms with Gasteiger partial charge in [-0.2, -0.15) is 0 Å². The summed E-state index contributed by atoms with van der Waals surface area (Å²) in [6.45, 7) is 3.51. The van der Waals surface area contributed by atoms with Crippen LogP contribution in [-0.2, 0) is 0 Å². The molecule has 0 spiro atoms. The molecule has 0 aromatic rings. The van der Waals surface area contributed by atoms with Gasteiger partial charge in [0.05, 0.1) is 0 Å². The fourth-order valence-electron chi connectivity index (χ4n) is 0.166. The molecule has 0 aliphatic rings. The topological polar surface area (TPSA) is 32.6 Å². The highest BCUT2D eigenvalue weighted by Gasteiger charge is 1.84. The van der Waals surface area contributed by atoms with E-state index in [1.54, 1.807) is 6.08 Å². The van der Waals surface area contributed by atoms with Gasteiger partial charge in [0.15, 0.2) is 0 Å². The fraction of sp³-hybridized carbons (Fsp3) is 0.250. The summed E-state index contributed by atoms with van der Waals surface area (Å²) in [6, 6.07) is 0. The molecule has 2 nitrogen and oxygen atoms in total. The minimum Gasteiger partial charge on any atom is -0.411 e. The fourth-order valence-corrected chi connectivity index (χ4v) is 0.299. The van der Waals surface area contributed by atoms with Crippen molar-refractivity contribution in [1.29, 1.82) is 0 Å². The standard InChI is InChI=1S/C4H9NOSi/c1-2-4(7)3-5-6/h2-4,6H,1H2,7H3. The molecule has 1 unspecified atom stereocenters. The molecule has 40 valence electrons.